The molecular formula is C52H40O12. The Morgan fingerprint density at radius 2 is 0.656 bits per heavy atom. The minimum absolute atomic E-state index is 0.00997. The quantitative estimate of drug-likeness (QED) is 0.119. The maximum absolute atomic E-state index is 11.8. The summed E-state index contributed by atoms with van der Waals surface area (Å²) in [5.41, 5.74) is 13.4. The zero-order valence-corrected chi connectivity index (χ0v) is 34.7. The summed E-state index contributed by atoms with van der Waals surface area (Å²) in [6.07, 6.45) is 0. The van der Waals surface area contributed by atoms with Gasteiger partial charge >= 0.3 is 23.9 Å². The van der Waals surface area contributed by atoms with Crippen molar-refractivity contribution in [2.24, 2.45) is 0 Å². The summed E-state index contributed by atoms with van der Waals surface area (Å²) in [4.78, 5) is 46.0. The molecular weight excluding hydrogens is 817 g/mol. The van der Waals surface area contributed by atoms with Gasteiger partial charge in [-0.1, -0.05) is 97.1 Å². The van der Waals surface area contributed by atoms with Gasteiger partial charge in [0.05, 0.1) is 14.2 Å². The largest absolute Gasteiger partial charge is 0.482 e. The molecule has 320 valence electrons. The van der Waals surface area contributed by atoms with Crippen LogP contribution in [0.1, 0.15) is 90.4 Å². The highest BCUT2D eigenvalue weighted by molar-refractivity contribution is 5.84. The summed E-state index contributed by atoms with van der Waals surface area (Å²) >= 11 is 0. The number of fused-ring (bicyclic) bond motifs is 14. The third-order valence-electron chi connectivity index (χ3n) is 14.1. The van der Waals surface area contributed by atoms with Crippen LogP contribution in [0.15, 0.2) is 121 Å². The number of hydrogen-bond donors (Lipinski definition) is 2. The summed E-state index contributed by atoms with van der Waals surface area (Å²) in [7, 11) is 2.68. The lowest BCUT2D eigenvalue weighted by atomic mass is 9.43. The first kappa shape index (κ1) is 39.3. The van der Waals surface area contributed by atoms with Gasteiger partial charge in [0.1, 0.15) is 23.0 Å². The van der Waals surface area contributed by atoms with Crippen LogP contribution in [0.4, 0.5) is 0 Å². The third-order valence-corrected chi connectivity index (χ3v) is 14.1. The molecule has 6 aliphatic rings. The summed E-state index contributed by atoms with van der Waals surface area (Å²) in [6, 6.07) is 40.6. The highest BCUT2D eigenvalue weighted by atomic mass is 16.6. The Kier molecular flexibility index (Phi) is 8.88. The van der Waals surface area contributed by atoms with Gasteiger partial charge in [-0.05, 0) is 68.8 Å². The monoisotopic (exact) mass is 856 g/mol. The fraction of sp³-hybridized carbons (Fsp3) is 0.231. The van der Waals surface area contributed by atoms with E-state index < -0.39 is 37.1 Å². The Hall–Kier alpha value is -7.60. The molecule has 64 heavy (non-hydrogen) atoms. The molecule has 12 nitrogen and oxygen atoms in total. The summed E-state index contributed by atoms with van der Waals surface area (Å²) in [6.45, 7) is -1.24. The molecule has 0 fully saturated rings. The number of carboxylic acid groups (broad SMARTS) is 2. The number of esters is 2. The molecule has 4 unspecified atom stereocenters. The van der Waals surface area contributed by atoms with E-state index in [-0.39, 0.29) is 47.7 Å². The van der Waals surface area contributed by atoms with E-state index in [1.807, 2.05) is 36.4 Å². The molecule has 0 saturated heterocycles. The number of rotatable bonds is 12. The number of carbonyl (C=O) groups is 4. The first-order chi connectivity index (χ1) is 31.2. The third kappa shape index (κ3) is 5.10. The smallest absolute Gasteiger partial charge is 0.343 e. The van der Waals surface area contributed by atoms with Gasteiger partial charge in [0.2, 0.25) is 0 Å². The van der Waals surface area contributed by atoms with Crippen molar-refractivity contribution in [3.05, 3.63) is 188 Å². The summed E-state index contributed by atoms with van der Waals surface area (Å²) in [5.74, 6) is -0.493. The Bertz CT molecular complexity index is 2790. The maximum atomic E-state index is 11.8. The summed E-state index contributed by atoms with van der Waals surface area (Å²) in [5, 5.41) is 18.3. The fourth-order valence-electron chi connectivity index (χ4n) is 12.1. The molecule has 0 amide bonds. The van der Waals surface area contributed by atoms with Crippen LogP contribution >= 0.6 is 0 Å². The molecule has 2 N–H and O–H groups in total. The van der Waals surface area contributed by atoms with E-state index in [1.54, 1.807) is 12.1 Å². The van der Waals surface area contributed by atoms with Crippen LogP contribution in [0.25, 0.3) is 0 Å². The van der Waals surface area contributed by atoms with Gasteiger partial charge in [-0.3, -0.25) is 0 Å². The number of carboxylic acids is 2. The summed E-state index contributed by atoms with van der Waals surface area (Å²) < 4.78 is 32.9. The van der Waals surface area contributed by atoms with Crippen LogP contribution in [0.3, 0.4) is 0 Å². The van der Waals surface area contributed by atoms with Crippen molar-refractivity contribution in [1.82, 2.24) is 0 Å². The zero-order valence-electron chi connectivity index (χ0n) is 34.7. The Morgan fingerprint density at radius 1 is 0.406 bits per heavy atom. The van der Waals surface area contributed by atoms with E-state index in [4.69, 9.17) is 38.6 Å². The van der Waals surface area contributed by atoms with Crippen LogP contribution in [0, 0.1) is 0 Å². The molecule has 0 aliphatic heterocycles. The fourth-order valence-corrected chi connectivity index (χ4v) is 12.1. The average molecular weight is 857 g/mol. The van der Waals surface area contributed by atoms with Crippen molar-refractivity contribution in [2.75, 3.05) is 40.6 Å². The number of hydrogen-bond acceptors (Lipinski definition) is 10. The van der Waals surface area contributed by atoms with Gasteiger partial charge in [-0.2, -0.15) is 0 Å². The predicted octanol–water partition coefficient (Wildman–Crippen LogP) is 7.18. The normalized spacial score (nSPS) is 22.7. The van der Waals surface area contributed by atoms with Crippen molar-refractivity contribution >= 4 is 23.9 Å². The van der Waals surface area contributed by atoms with Crippen LogP contribution < -0.4 is 18.9 Å². The van der Waals surface area contributed by atoms with E-state index in [0.29, 0.717) is 23.0 Å². The number of benzene rings is 6. The van der Waals surface area contributed by atoms with Crippen molar-refractivity contribution in [1.29, 1.82) is 0 Å². The molecule has 4 atom stereocenters. The molecule has 0 saturated carbocycles. The van der Waals surface area contributed by atoms with E-state index in [1.165, 1.54) is 58.7 Å². The topological polar surface area (TPSA) is 164 Å². The highest BCUT2D eigenvalue weighted by Crippen LogP contribution is 2.80. The second-order valence-electron chi connectivity index (χ2n) is 16.7. The Morgan fingerprint density at radius 3 is 0.906 bits per heavy atom. The van der Waals surface area contributed by atoms with Crippen LogP contribution in [-0.4, -0.2) is 74.7 Å². The van der Waals surface area contributed by atoms with Crippen LogP contribution in [0.2, 0.25) is 0 Å². The van der Waals surface area contributed by atoms with E-state index in [0.717, 1.165) is 22.3 Å². The molecule has 6 aromatic carbocycles. The minimum atomic E-state index is -1.05. The number of aliphatic carboxylic acids is 2. The molecule has 12 rings (SSSR count). The molecule has 6 aromatic rings. The molecule has 0 radical (unpaired) electrons. The average Bonchev–Trinajstić information content (AvgIpc) is 3.66. The molecule has 0 aromatic heterocycles. The Labute approximate surface area is 366 Å². The van der Waals surface area contributed by atoms with E-state index in [9.17, 15) is 19.2 Å². The van der Waals surface area contributed by atoms with Gasteiger partial charge < -0.3 is 38.6 Å². The molecule has 0 bridgehead atoms. The van der Waals surface area contributed by atoms with Crippen molar-refractivity contribution < 1.29 is 57.8 Å². The lowest BCUT2D eigenvalue weighted by Crippen LogP contribution is -2.52. The van der Waals surface area contributed by atoms with Gasteiger partial charge in [-0.25, -0.2) is 19.2 Å². The van der Waals surface area contributed by atoms with E-state index in [2.05, 4.69) is 72.8 Å². The minimum Gasteiger partial charge on any atom is -0.482 e. The first-order valence-corrected chi connectivity index (χ1v) is 21.0. The van der Waals surface area contributed by atoms with Crippen LogP contribution in [-0.2, 0) is 39.5 Å². The Balaban J connectivity index is 0.000000143. The molecule has 12 heteroatoms. The molecule has 2 spiro atoms. The first-order valence-electron chi connectivity index (χ1n) is 21.0. The SMILES string of the molecule is COC(=O)COc1ccc(OCC(=O)OC)c2c1C1c3ccccc3C13c1ccccc1C23.O=C(O)COc1ccc(OCC(=O)O)c2c1C1c3ccccc3C13c1ccccc1C23. The van der Waals surface area contributed by atoms with Gasteiger partial charge in [0.15, 0.2) is 26.4 Å². The number of ether oxygens (including phenoxy) is 6. The van der Waals surface area contributed by atoms with Gasteiger partial charge in [-0.15, -0.1) is 0 Å². The van der Waals surface area contributed by atoms with Crippen molar-refractivity contribution in [3.8, 4) is 23.0 Å². The lowest BCUT2D eigenvalue weighted by molar-refractivity contribution is -0.143. The maximum Gasteiger partial charge on any atom is 0.343 e. The number of methoxy groups -OCH3 is 2. The number of carbonyl (C=O) groups excluding carboxylic acids is 2. The second kappa shape index (κ2) is 14.5. The standard InChI is InChI=1S/C27H22O6.C25H18O6/c1-30-21(28)13-32-19-11-12-20(33-14-22(29)31-2)24-23(19)25-15-7-3-5-9-17(15)27(25)18-10-6-4-8-16(18)26(24)27;26-19(27)11-30-17-9-10-18(31-12-20(28)29)22-21(17)23-13-5-1-3-7-15(13)25(23)16-8-4-2-6-14(16)24(22)25/h3-12,25-26H,13-14H2,1-2H3;1-10,23-24H,11-12H2,(H,26,27)(H,28,29). The predicted molar refractivity (Wildman–Crippen MR) is 229 cm³/mol. The van der Waals surface area contributed by atoms with Gasteiger partial charge in [0, 0.05) is 56.8 Å². The van der Waals surface area contributed by atoms with Gasteiger partial charge in [0.25, 0.3) is 0 Å². The zero-order chi connectivity index (χ0) is 44.1. The van der Waals surface area contributed by atoms with Crippen LogP contribution in [0.5, 0.6) is 23.0 Å². The van der Waals surface area contributed by atoms with Crippen molar-refractivity contribution in [3.63, 3.8) is 0 Å². The van der Waals surface area contributed by atoms with Crippen molar-refractivity contribution in [2.45, 2.75) is 34.5 Å². The molecule has 6 aliphatic carbocycles. The lowest BCUT2D eigenvalue weighted by Gasteiger charge is -2.58. The highest BCUT2D eigenvalue weighted by Gasteiger charge is 2.72. The van der Waals surface area contributed by atoms with E-state index >= 15 is 0 Å². The second-order valence-corrected chi connectivity index (χ2v) is 16.7. The molecule has 0 heterocycles.